The summed E-state index contributed by atoms with van der Waals surface area (Å²) in [6.45, 7) is 7.63. The van der Waals surface area contributed by atoms with Gasteiger partial charge in [0.25, 0.3) is 11.1 Å². The molecule has 29 heavy (non-hydrogen) atoms. The van der Waals surface area contributed by atoms with E-state index in [9.17, 15) is 14.4 Å². The Morgan fingerprint density at radius 1 is 1.14 bits per heavy atom. The van der Waals surface area contributed by atoms with Crippen molar-refractivity contribution in [2.45, 2.75) is 34.1 Å². The number of aromatic nitrogens is 1. The molecule has 6 nitrogen and oxygen atoms in total. The van der Waals surface area contributed by atoms with E-state index < -0.39 is 17.1 Å². The van der Waals surface area contributed by atoms with Crippen molar-refractivity contribution in [1.29, 1.82) is 0 Å². The van der Waals surface area contributed by atoms with Gasteiger partial charge in [-0.05, 0) is 74.4 Å². The molecular formula is C22H24N2O4S. The number of hydrogen-bond donors (Lipinski definition) is 0. The molecule has 0 unspecified atom stereocenters. The zero-order valence-electron chi connectivity index (χ0n) is 17.0. The Balaban J connectivity index is 1.88. The number of carbonyl (C=O) groups is 3. The lowest BCUT2D eigenvalue weighted by molar-refractivity contribution is -0.145. The standard InChI is InChI=1S/C22H24N2O4S/c1-5-16-7-9-18(10-8-16)24-14(3)11-17(15(24)4)12-19-21(26)23(22(27)29-19)13-20(25)28-6-2/h7-12H,5-6,13H2,1-4H3/b19-12+. The fourth-order valence-electron chi connectivity index (χ4n) is 3.33. The monoisotopic (exact) mass is 412 g/mol. The number of carbonyl (C=O) groups excluding carboxylic acids is 3. The first-order valence-corrected chi connectivity index (χ1v) is 10.4. The molecule has 1 fully saturated rings. The molecule has 0 radical (unpaired) electrons. The molecule has 1 aromatic carbocycles. The number of nitrogens with zero attached hydrogens (tertiary/aromatic N) is 2. The van der Waals surface area contributed by atoms with Gasteiger partial charge in [0.15, 0.2) is 0 Å². The minimum absolute atomic E-state index is 0.204. The molecule has 2 aromatic rings. The highest BCUT2D eigenvalue weighted by atomic mass is 32.2. The zero-order valence-corrected chi connectivity index (χ0v) is 17.8. The summed E-state index contributed by atoms with van der Waals surface area (Å²) in [6.07, 6.45) is 2.70. The summed E-state index contributed by atoms with van der Waals surface area (Å²) in [4.78, 5) is 37.7. The van der Waals surface area contributed by atoms with Crippen molar-refractivity contribution in [2.24, 2.45) is 0 Å². The van der Waals surface area contributed by atoms with Gasteiger partial charge in [-0.3, -0.25) is 19.3 Å². The van der Waals surface area contributed by atoms with Gasteiger partial charge < -0.3 is 9.30 Å². The van der Waals surface area contributed by atoms with Crippen LogP contribution in [0.25, 0.3) is 11.8 Å². The predicted molar refractivity (Wildman–Crippen MR) is 114 cm³/mol. The maximum Gasteiger partial charge on any atom is 0.326 e. The lowest BCUT2D eigenvalue weighted by Crippen LogP contribution is -2.34. The quantitative estimate of drug-likeness (QED) is 0.524. The van der Waals surface area contributed by atoms with E-state index in [1.807, 2.05) is 19.9 Å². The van der Waals surface area contributed by atoms with Crippen molar-refractivity contribution in [3.8, 4) is 5.69 Å². The summed E-state index contributed by atoms with van der Waals surface area (Å²) in [6, 6.07) is 10.4. The number of ether oxygens (including phenoxy) is 1. The van der Waals surface area contributed by atoms with Gasteiger partial charge in [0.05, 0.1) is 11.5 Å². The van der Waals surface area contributed by atoms with Gasteiger partial charge in [0.1, 0.15) is 6.54 Å². The number of hydrogen-bond acceptors (Lipinski definition) is 5. The highest BCUT2D eigenvalue weighted by Crippen LogP contribution is 2.33. The highest BCUT2D eigenvalue weighted by molar-refractivity contribution is 8.18. The average Bonchev–Trinajstić information content (AvgIpc) is 3.12. The topological polar surface area (TPSA) is 68.6 Å². The first kappa shape index (κ1) is 20.9. The van der Waals surface area contributed by atoms with E-state index in [1.165, 1.54) is 5.56 Å². The third-order valence-electron chi connectivity index (χ3n) is 4.83. The van der Waals surface area contributed by atoms with Crippen LogP contribution in [-0.2, 0) is 20.7 Å². The molecule has 0 saturated carbocycles. The van der Waals surface area contributed by atoms with Gasteiger partial charge in [0, 0.05) is 17.1 Å². The number of amides is 2. The number of imide groups is 1. The molecule has 3 rings (SSSR count). The molecule has 1 aromatic heterocycles. The Kier molecular flexibility index (Phi) is 6.27. The average molecular weight is 413 g/mol. The zero-order chi connectivity index (χ0) is 21.1. The van der Waals surface area contributed by atoms with Gasteiger partial charge in [-0.15, -0.1) is 0 Å². The summed E-state index contributed by atoms with van der Waals surface area (Å²) < 4.78 is 6.96. The SMILES string of the molecule is CCOC(=O)CN1C(=O)S/C(=C/c2cc(C)n(-c3ccc(CC)cc3)c2C)C1=O. The van der Waals surface area contributed by atoms with Crippen LogP contribution in [0.2, 0.25) is 0 Å². The maximum atomic E-state index is 12.6. The van der Waals surface area contributed by atoms with Gasteiger partial charge in [0.2, 0.25) is 0 Å². The summed E-state index contributed by atoms with van der Waals surface area (Å²) in [5.74, 6) is -1.06. The molecule has 2 amide bonds. The minimum Gasteiger partial charge on any atom is -0.465 e. The second kappa shape index (κ2) is 8.69. The Hall–Kier alpha value is -2.80. The maximum absolute atomic E-state index is 12.6. The van der Waals surface area contributed by atoms with Crippen molar-refractivity contribution < 1.29 is 19.1 Å². The molecule has 0 bridgehead atoms. The smallest absolute Gasteiger partial charge is 0.326 e. The molecule has 2 heterocycles. The Bertz CT molecular complexity index is 989. The van der Waals surface area contributed by atoms with Crippen LogP contribution in [0.1, 0.15) is 36.4 Å². The van der Waals surface area contributed by atoms with E-state index >= 15 is 0 Å². The summed E-state index contributed by atoms with van der Waals surface area (Å²) in [5, 5.41) is -0.460. The normalized spacial score (nSPS) is 15.4. The third-order valence-corrected chi connectivity index (χ3v) is 5.73. The van der Waals surface area contributed by atoms with Crippen LogP contribution in [0.4, 0.5) is 4.79 Å². The molecule has 152 valence electrons. The Morgan fingerprint density at radius 3 is 2.45 bits per heavy atom. The molecule has 0 atom stereocenters. The molecule has 1 aliphatic heterocycles. The van der Waals surface area contributed by atoms with Crippen LogP contribution in [0.5, 0.6) is 0 Å². The van der Waals surface area contributed by atoms with Crippen molar-refractivity contribution >= 4 is 35.0 Å². The van der Waals surface area contributed by atoms with E-state index in [1.54, 1.807) is 13.0 Å². The largest absolute Gasteiger partial charge is 0.465 e. The van der Waals surface area contributed by atoms with Crippen LogP contribution in [0, 0.1) is 13.8 Å². The van der Waals surface area contributed by atoms with E-state index in [0.29, 0.717) is 4.91 Å². The number of aryl methyl sites for hydroxylation is 2. The van der Waals surface area contributed by atoms with Gasteiger partial charge >= 0.3 is 5.97 Å². The fraction of sp³-hybridized carbons (Fsp3) is 0.318. The van der Waals surface area contributed by atoms with Gasteiger partial charge in [-0.1, -0.05) is 19.1 Å². The fourth-order valence-corrected chi connectivity index (χ4v) is 4.15. The lowest BCUT2D eigenvalue weighted by atomic mass is 10.1. The predicted octanol–water partition coefficient (Wildman–Crippen LogP) is 4.26. The molecule has 0 N–H and O–H groups in total. The van der Waals surface area contributed by atoms with Crippen LogP contribution in [0.3, 0.4) is 0 Å². The molecule has 1 aliphatic rings. The van der Waals surface area contributed by atoms with Crippen molar-refractivity contribution in [1.82, 2.24) is 9.47 Å². The number of thioether (sulfide) groups is 1. The Morgan fingerprint density at radius 2 is 1.83 bits per heavy atom. The highest BCUT2D eigenvalue weighted by Gasteiger charge is 2.36. The minimum atomic E-state index is -0.593. The molecule has 1 saturated heterocycles. The second-order valence-corrected chi connectivity index (χ2v) is 7.75. The Labute approximate surface area is 174 Å². The van der Waals surface area contributed by atoms with Crippen molar-refractivity contribution in [3.63, 3.8) is 0 Å². The second-order valence-electron chi connectivity index (χ2n) is 6.75. The van der Waals surface area contributed by atoms with Gasteiger partial charge in [-0.2, -0.15) is 0 Å². The lowest BCUT2D eigenvalue weighted by Gasteiger charge is -2.11. The van der Waals surface area contributed by atoms with Gasteiger partial charge in [-0.25, -0.2) is 0 Å². The van der Waals surface area contributed by atoms with Crippen molar-refractivity contribution in [2.75, 3.05) is 13.2 Å². The first-order chi connectivity index (χ1) is 13.8. The van der Waals surface area contributed by atoms with E-state index in [4.69, 9.17) is 4.74 Å². The molecule has 0 spiro atoms. The molecule has 0 aliphatic carbocycles. The van der Waals surface area contributed by atoms with Crippen LogP contribution >= 0.6 is 11.8 Å². The molecule has 7 heteroatoms. The van der Waals surface area contributed by atoms with E-state index in [2.05, 4.69) is 35.8 Å². The number of rotatable bonds is 6. The van der Waals surface area contributed by atoms with Crippen LogP contribution in [0.15, 0.2) is 35.2 Å². The van der Waals surface area contributed by atoms with Crippen LogP contribution in [-0.4, -0.2) is 39.7 Å². The van der Waals surface area contributed by atoms with Crippen LogP contribution < -0.4 is 0 Å². The van der Waals surface area contributed by atoms with E-state index in [0.717, 1.165) is 45.7 Å². The summed E-state index contributed by atoms with van der Waals surface area (Å²) >= 11 is 0.843. The summed E-state index contributed by atoms with van der Waals surface area (Å²) in [7, 11) is 0. The number of esters is 1. The third kappa shape index (κ3) is 4.29. The van der Waals surface area contributed by atoms with E-state index in [-0.39, 0.29) is 13.2 Å². The van der Waals surface area contributed by atoms with Crippen molar-refractivity contribution in [3.05, 3.63) is 57.8 Å². The summed E-state index contributed by atoms with van der Waals surface area (Å²) in [5.41, 5.74) is 5.19. The molecular weight excluding hydrogens is 388 g/mol. The number of benzene rings is 1. The first-order valence-electron chi connectivity index (χ1n) is 9.55.